The fraction of sp³-hybridized carbons (Fsp3) is 1.00. The monoisotopic (exact) mass is 251 g/mol. The molecule has 0 amide bonds. The highest BCUT2D eigenvalue weighted by molar-refractivity contribution is 4.86. The minimum Gasteiger partial charge on any atom is -0.314 e. The van der Waals surface area contributed by atoms with Crippen molar-refractivity contribution in [1.82, 2.24) is 5.32 Å². The first-order valence-electron chi connectivity index (χ1n) is 6.74. The summed E-state index contributed by atoms with van der Waals surface area (Å²) >= 11 is 0. The lowest BCUT2D eigenvalue weighted by molar-refractivity contribution is -0.136. The first-order chi connectivity index (χ1) is 7.94. The number of hydrogen-bond acceptors (Lipinski definition) is 1. The Hall–Kier alpha value is -0.250. The van der Waals surface area contributed by atoms with Crippen LogP contribution < -0.4 is 5.32 Å². The Morgan fingerprint density at radius 1 is 1.29 bits per heavy atom. The van der Waals surface area contributed by atoms with E-state index in [9.17, 15) is 13.2 Å². The molecular formula is C13H24F3N. The number of halogens is 3. The molecule has 1 saturated carbocycles. The molecule has 0 aromatic rings. The predicted octanol–water partition coefficient (Wildman–Crippen LogP) is 4.13. The van der Waals surface area contributed by atoms with Crippen molar-refractivity contribution in [3.05, 3.63) is 0 Å². The van der Waals surface area contributed by atoms with Gasteiger partial charge in [0.1, 0.15) is 0 Å². The minimum absolute atomic E-state index is 0.252. The van der Waals surface area contributed by atoms with Gasteiger partial charge < -0.3 is 5.32 Å². The maximum absolute atomic E-state index is 12.1. The molecule has 2 atom stereocenters. The molecule has 102 valence electrons. The van der Waals surface area contributed by atoms with Crippen LogP contribution in [0.15, 0.2) is 0 Å². The molecule has 1 nitrogen and oxygen atoms in total. The summed E-state index contributed by atoms with van der Waals surface area (Å²) in [6, 6.07) is 0.268. The summed E-state index contributed by atoms with van der Waals surface area (Å²) in [6.07, 6.45) is -0.200. The normalized spacial score (nSPS) is 20.3. The van der Waals surface area contributed by atoms with E-state index in [4.69, 9.17) is 0 Å². The van der Waals surface area contributed by atoms with Gasteiger partial charge in [0, 0.05) is 12.5 Å². The lowest BCUT2D eigenvalue weighted by atomic mass is 9.92. The van der Waals surface area contributed by atoms with E-state index in [0.29, 0.717) is 12.3 Å². The third kappa shape index (κ3) is 6.29. The number of rotatable bonds is 8. The quantitative estimate of drug-likeness (QED) is 0.684. The zero-order valence-corrected chi connectivity index (χ0v) is 10.8. The van der Waals surface area contributed by atoms with E-state index in [2.05, 4.69) is 19.2 Å². The van der Waals surface area contributed by atoms with Gasteiger partial charge in [0.25, 0.3) is 0 Å². The van der Waals surface area contributed by atoms with Gasteiger partial charge in [0.05, 0.1) is 0 Å². The van der Waals surface area contributed by atoms with Crippen molar-refractivity contribution in [2.75, 3.05) is 6.54 Å². The average molecular weight is 251 g/mol. The molecule has 2 unspecified atom stereocenters. The van der Waals surface area contributed by atoms with Crippen LogP contribution >= 0.6 is 0 Å². The molecule has 17 heavy (non-hydrogen) atoms. The molecule has 0 bridgehead atoms. The molecule has 1 rings (SSSR count). The van der Waals surface area contributed by atoms with Gasteiger partial charge in [0.15, 0.2) is 0 Å². The van der Waals surface area contributed by atoms with Crippen molar-refractivity contribution >= 4 is 0 Å². The van der Waals surface area contributed by atoms with Crippen LogP contribution in [0.3, 0.4) is 0 Å². The second-order valence-corrected chi connectivity index (χ2v) is 5.26. The zero-order valence-electron chi connectivity index (χ0n) is 10.8. The number of hydrogen-bond donors (Lipinski definition) is 1. The maximum Gasteiger partial charge on any atom is 0.389 e. The van der Waals surface area contributed by atoms with E-state index in [-0.39, 0.29) is 12.5 Å². The van der Waals surface area contributed by atoms with E-state index < -0.39 is 12.6 Å². The molecule has 1 aliphatic carbocycles. The van der Waals surface area contributed by atoms with Gasteiger partial charge in [-0.1, -0.05) is 13.8 Å². The largest absolute Gasteiger partial charge is 0.389 e. The molecular weight excluding hydrogens is 227 g/mol. The van der Waals surface area contributed by atoms with Crippen LogP contribution in [0, 0.1) is 11.8 Å². The molecule has 1 aliphatic rings. The van der Waals surface area contributed by atoms with E-state index in [1.165, 1.54) is 12.8 Å². The standard InChI is InChI=1S/C13H24F3N/c1-3-9-17-12(10(2)11-6-7-11)5-4-8-13(14,15)16/h10-12,17H,3-9H2,1-2H3. The topological polar surface area (TPSA) is 12.0 Å². The van der Waals surface area contributed by atoms with Crippen molar-refractivity contribution in [3.63, 3.8) is 0 Å². The maximum atomic E-state index is 12.1. The molecule has 0 heterocycles. The first-order valence-corrected chi connectivity index (χ1v) is 6.74. The third-order valence-corrected chi connectivity index (χ3v) is 3.63. The van der Waals surface area contributed by atoms with Crippen LogP contribution in [-0.4, -0.2) is 18.8 Å². The van der Waals surface area contributed by atoms with Crippen molar-refractivity contribution < 1.29 is 13.2 Å². The van der Waals surface area contributed by atoms with Crippen LogP contribution in [0.25, 0.3) is 0 Å². The van der Waals surface area contributed by atoms with Crippen molar-refractivity contribution in [2.24, 2.45) is 11.8 Å². The SMILES string of the molecule is CCCNC(CCCC(F)(F)F)C(C)C1CC1. The summed E-state index contributed by atoms with van der Waals surface area (Å²) in [7, 11) is 0. The zero-order chi connectivity index (χ0) is 12.9. The van der Waals surface area contributed by atoms with Crippen molar-refractivity contribution in [3.8, 4) is 0 Å². The van der Waals surface area contributed by atoms with Gasteiger partial charge in [-0.3, -0.25) is 0 Å². The Morgan fingerprint density at radius 2 is 1.94 bits per heavy atom. The van der Waals surface area contributed by atoms with Crippen LogP contribution in [0.5, 0.6) is 0 Å². The molecule has 0 aliphatic heterocycles. The Bertz CT molecular complexity index is 211. The average Bonchev–Trinajstić information content (AvgIpc) is 3.04. The molecule has 1 fully saturated rings. The molecule has 0 aromatic heterocycles. The molecule has 0 spiro atoms. The molecule has 0 radical (unpaired) electrons. The second kappa shape index (κ2) is 6.62. The van der Waals surface area contributed by atoms with Crippen LogP contribution in [0.1, 0.15) is 52.4 Å². The first kappa shape index (κ1) is 14.8. The van der Waals surface area contributed by atoms with Gasteiger partial charge in [-0.25, -0.2) is 0 Å². The summed E-state index contributed by atoms with van der Waals surface area (Å²) in [4.78, 5) is 0. The van der Waals surface area contributed by atoms with E-state index in [1.54, 1.807) is 0 Å². The summed E-state index contributed by atoms with van der Waals surface area (Å²) in [5.74, 6) is 1.27. The molecule has 0 aromatic carbocycles. The van der Waals surface area contributed by atoms with Crippen LogP contribution in [0.2, 0.25) is 0 Å². The van der Waals surface area contributed by atoms with Crippen molar-refractivity contribution in [1.29, 1.82) is 0 Å². The lowest BCUT2D eigenvalue weighted by Crippen LogP contribution is -2.36. The van der Waals surface area contributed by atoms with E-state index in [0.717, 1.165) is 18.9 Å². The second-order valence-electron chi connectivity index (χ2n) is 5.26. The van der Waals surface area contributed by atoms with Gasteiger partial charge in [0.2, 0.25) is 0 Å². The fourth-order valence-electron chi connectivity index (χ4n) is 2.35. The molecule has 0 saturated heterocycles. The third-order valence-electron chi connectivity index (χ3n) is 3.63. The van der Waals surface area contributed by atoms with Gasteiger partial charge in [-0.05, 0) is 50.5 Å². The summed E-state index contributed by atoms with van der Waals surface area (Å²) in [5.41, 5.74) is 0. The number of nitrogens with one attached hydrogen (secondary N) is 1. The van der Waals surface area contributed by atoms with E-state index >= 15 is 0 Å². The Morgan fingerprint density at radius 3 is 2.41 bits per heavy atom. The van der Waals surface area contributed by atoms with E-state index in [1.807, 2.05) is 0 Å². The minimum atomic E-state index is -4.00. The smallest absolute Gasteiger partial charge is 0.314 e. The van der Waals surface area contributed by atoms with Gasteiger partial charge in [-0.2, -0.15) is 13.2 Å². The summed E-state index contributed by atoms with van der Waals surface area (Å²) < 4.78 is 36.3. The molecule has 1 N–H and O–H groups in total. The lowest BCUT2D eigenvalue weighted by Gasteiger charge is -2.25. The fourth-order valence-corrected chi connectivity index (χ4v) is 2.35. The highest BCUT2D eigenvalue weighted by Crippen LogP contribution is 2.39. The highest BCUT2D eigenvalue weighted by atomic mass is 19.4. The highest BCUT2D eigenvalue weighted by Gasteiger charge is 2.33. The number of alkyl halides is 3. The van der Waals surface area contributed by atoms with Gasteiger partial charge in [-0.15, -0.1) is 0 Å². The Kier molecular flexibility index (Phi) is 5.77. The Balaban J connectivity index is 2.29. The Labute approximate surface area is 102 Å². The van der Waals surface area contributed by atoms with Gasteiger partial charge >= 0.3 is 6.18 Å². The van der Waals surface area contributed by atoms with Crippen molar-refractivity contribution in [2.45, 2.75) is 64.6 Å². The summed E-state index contributed by atoms with van der Waals surface area (Å²) in [5, 5.41) is 3.41. The summed E-state index contributed by atoms with van der Waals surface area (Å²) in [6.45, 7) is 5.17. The van der Waals surface area contributed by atoms with Crippen LogP contribution in [0.4, 0.5) is 13.2 Å². The molecule has 4 heteroatoms. The predicted molar refractivity (Wildman–Crippen MR) is 63.9 cm³/mol. The van der Waals surface area contributed by atoms with Crippen LogP contribution in [-0.2, 0) is 0 Å².